The zero-order valence-electron chi connectivity index (χ0n) is 13.8. The summed E-state index contributed by atoms with van der Waals surface area (Å²) in [4.78, 5) is 26.7. The molecule has 1 saturated heterocycles. The predicted octanol–water partition coefficient (Wildman–Crippen LogP) is 4.68. The Labute approximate surface area is 167 Å². The lowest BCUT2D eigenvalue weighted by atomic mass is 10.0. The van der Waals surface area contributed by atoms with E-state index in [1.165, 1.54) is 0 Å². The zero-order chi connectivity index (χ0) is 18.7. The smallest absolute Gasteiger partial charge is 0.255 e. The first-order chi connectivity index (χ1) is 12.5. The van der Waals surface area contributed by atoms with Gasteiger partial charge in [0.2, 0.25) is 0 Å². The third-order valence-corrected chi connectivity index (χ3v) is 5.27. The van der Waals surface area contributed by atoms with Crippen LogP contribution in [0.4, 0.5) is 0 Å². The van der Waals surface area contributed by atoms with Gasteiger partial charge in [0.15, 0.2) is 0 Å². The topological polar surface area (TPSA) is 49.4 Å². The number of likely N-dealkylation sites (tertiary alicyclic amines) is 1. The van der Waals surface area contributed by atoms with Gasteiger partial charge in [0.1, 0.15) is 0 Å². The van der Waals surface area contributed by atoms with Crippen LogP contribution in [0.5, 0.6) is 0 Å². The molecule has 1 N–H and O–H groups in total. The molecule has 0 aromatic heterocycles. The van der Waals surface area contributed by atoms with Gasteiger partial charge < -0.3 is 10.2 Å². The molecule has 1 heterocycles. The molecule has 1 aliphatic rings. The molecule has 26 heavy (non-hydrogen) atoms. The van der Waals surface area contributed by atoms with Crippen molar-refractivity contribution in [3.8, 4) is 0 Å². The van der Waals surface area contributed by atoms with Crippen LogP contribution < -0.4 is 5.32 Å². The first-order valence-corrected chi connectivity index (χ1v) is 9.39. The van der Waals surface area contributed by atoms with Crippen LogP contribution in [0.2, 0.25) is 15.1 Å². The Kier molecular flexibility index (Phi) is 6.07. The highest BCUT2D eigenvalue weighted by atomic mass is 35.5. The summed E-state index contributed by atoms with van der Waals surface area (Å²) in [7, 11) is 0. The van der Waals surface area contributed by atoms with Crippen molar-refractivity contribution in [2.75, 3.05) is 13.1 Å². The van der Waals surface area contributed by atoms with E-state index in [0.29, 0.717) is 52.1 Å². The van der Waals surface area contributed by atoms with Gasteiger partial charge >= 0.3 is 0 Å². The van der Waals surface area contributed by atoms with Crippen LogP contribution in [0.1, 0.15) is 33.6 Å². The Hall–Kier alpha value is -1.75. The Morgan fingerprint density at radius 3 is 2.27 bits per heavy atom. The summed E-state index contributed by atoms with van der Waals surface area (Å²) in [6, 6.07) is 11.8. The number of hydrogen-bond acceptors (Lipinski definition) is 2. The minimum atomic E-state index is -0.234. The van der Waals surface area contributed by atoms with E-state index in [-0.39, 0.29) is 17.9 Å². The fourth-order valence-corrected chi connectivity index (χ4v) is 3.68. The van der Waals surface area contributed by atoms with Gasteiger partial charge in [0.25, 0.3) is 11.8 Å². The predicted molar refractivity (Wildman–Crippen MR) is 104 cm³/mol. The molecule has 2 aromatic rings. The summed E-state index contributed by atoms with van der Waals surface area (Å²) in [6.07, 6.45) is 1.35. The van der Waals surface area contributed by atoms with Crippen molar-refractivity contribution in [3.63, 3.8) is 0 Å². The van der Waals surface area contributed by atoms with Crippen LogP contribution in [0.25, 0.3) is 0 Å². The number of amides is 2. The number of rotatable bonds is 3. The van der Waals surface area contributed by atoms with Gasteiger partial charge in [0.05, 0.1) is 21.2 Å². The van der Waals surface area contributed by atoms with Crippen LogP contribution in [0.3, 0.4) is 0 Å². The monoisotopic (exact) mass is 410 g/mol. The summed E-state index contributed by atoms with van der Waals surface area (Å²) < 4.78 is 0. The molecule has 2 amide bonds. The summed E-state index contributed by atoms with van der Waals surface area (Å²) in [5.41, 5.74) is 0.898. The van der Waals surface area contributed by atoms with E-state index in [1.807, 2.05) is 0 Å². The number of hydrogen-bond donors (Lipinski definition) is 1. The largest absolute Gasteiger partial charge is 0.349 e. The van der Waals surface area contributed by atoms with Crippen LogP contribution in [-0.2, 0) is 0 Å². The van der Waals surface area contributed by atoms with Gasteiger partial charge in [-0.2, -0.15) is 0 Å². The third kappa shape index (κ3) is 4.32. The van der Waals surface area contributed by atoms with E-state index < -0.39 is 0 Å². The second-order valence-electron chi connectivity index (χ2n) is 6.14. The molecular weight excluding hydrogens is 395 g/mol. The SMILES string of the molecule is O=C(NC1CCN(C(=O)c2ccccc2Cl)CC1)c1ccc(Cl)cc1Cl. The summed E-state index contributed by atoms with van der Waals surface area (Å²) >= 11 is 18.0. The normalized spacial score (nSPS) is 15.0. The Balaban J connectivity index is 1.58. The summed E-state index contributed by atoms with van der Waals surface area (Å²) in [5, 5.41) is 4.23. The Morgan fingerprint density at radius 1 is 0.923 bits per heavy atom. The van der Waals surface area contributed by atoms with Gasteiger partial charge in [-0.15, -0.1) is 0 Å². The summed E-state index contributed by atoms with van der Waals surface area (Å²) in [6.45, 7) is 1.12. The van der Waals surface area contributed by atoms with Crippen molar-refractivity contribution in [3.05, 3.63) is 68.7 Å². The fraction of sp³-hybridized carbons (Fsp3) is 0.263. The number of benzene rings is 2. The number of halogens is 3. The number of nitrogens with one attached hydrogen (secondary N) is 1. The molecular formula is C19H17Cl3N2O2. The third-order valence-electron chi connectivity index (χ3n) is 4.40. The molecule has 0 unspecified atom stereocenters. The lowest BCUT2D eigenvalue weighted by Crippen LogP contribution is -2.46. The van der Waals surface area contributed by atoms with Crippen molar-refractivity contribution in [2.45, 2.75) is 18.9 Å². The van der Waals surface area contributed by atoms with Gasteiger partial charge in [-0.05, 0) is 43.2 Å². The molecule has 136 valence electrons. The van der Waals surface area contributed by atoms with E-state index in [1.54, 1.807) is 47.4 Å². The maximum atomic E-state index is 12.6. The Morgan fingerprint density at radius 2 is 1.62 bits per heavy atom. The lowest BCUT2D eigenvalue weighted by molar-refractivity contribution is 0.0698. The highest BCUT2D eigenvalue weighted by Crippen LogP contribution is 2.23. The molecule has 0 atom stereocenters. The summed E-state index contributed by atoms with van der Waals surface area (Å²) in [5.74, 6) is -0.316. The van der Waals surface area contributed by atoms with Crippen LogP contribution >= 0.6 is 34.8 Å². The van der Waals surface area contributed by atoms with E-state index in [0.717, 1.165) is 0 Å². The number of nitrogens with zero attached hydrogens (tertiary/aromatic N) is 1. The average Bonchev–Trinajstić information content (AvgIpc) is 2.62. The van der Waals surface area contributed by atoms with Crippen molar-refractivity contribution in [2.24, 2.45) is 0 Å². The highest BCUT2D eigenvalue weighted by molar-refractivity contribution is 6.36. The van der Waals surface area contributed by atoms with Crippen LogP contribution in [0, 0.1) is 0 Å². The molecule has 0 radical (unpaired) electrons. The number of carbonyl (C=O) groups is 2. The van der Waals surface area contributed by atoms with E-state index in [9.17, 15) is 9.59 Å². The zero-order valence-corrected chi connectivity index (χ0v) is 16.1. The van der Waals surface area contributed by atoms with Gasteiger partial charge in [-0.3, -0.25) is 9.59 Å². The highest BCUT2D eigenvalue weighted by Gasteiger charge is 2.26. The van der Waals surface area contributed by atoms with Crippen molar-refractivity contribution >= 4 is 46.6 Å². The first kappa shape index (κ1) is 19.0. The first-order valence-electron chi connectivity index (χ1n) is 8.25. The molecule has 2 aromatic carbocycles. The van der Waals surface area contributed by atoms with Crippen molar-refractivity contribution in [1.82, 2.24) is 10.2 Å². The maximum Gasteiger partial charge on any atom is 0.255 e. The molecule has 0 saturated carbocycles. The second-order valence-corrected chi connectivity index (χ2v) is 7.39. The Bertz CT molecular complexity index is 833. The maximum absolute atomic E-state index is 12.6. The van der Waals surface area contributed by atoms with Gasteiger partial charge in [-0.25, -0.2) is 0 Å². The van der Waals surface area contributed by atoms with Gasteiger partial charge in [0, 0.05) is 24.2 Å². The standard InChI is InChI=1S/C19H17Cl3N2O2/c20-12-5-6-14(17(22)11-12)18(25)23-13-7-9-24(10-8-13)19(26)15-3-1-2-4-16(15)21/h1-6,11,13H,7-10H2,(H,23,25). The van der Waals surface area contributed by atoms with Crippen LogP contribution in [-0.4, -0.2) is 35.8 Å². The number of piperidine rings is 1. The molecule has 0 spiro atoms. The lowest BCUT2D eigenvalue weighted by Gasteiger charge is -2.32. The van der Waals surface area contributed by atoms with E-state index >= 15 is 0 Å². The van der Waals surface area contributed by atoms with Crippen LogP contribution in [0.15, 0.2) is 42.5 Å². The quantitative estimate of drug-likeness (QED) is 0.797. The van der Waals surface area contributed by atoms with Crippen molar-refractivity contribution in [1.29, 1.82) is 0 Å². The van der Waals surface area contributed by atoms with Gasteiger partial charge in [-0.1, -0.05) is 46.9 Å². The minimum Gasteiger partial charge on any atom is -0.349 e. The number of carbonyl (C=O) groups excluding carboxylic acids is 2. The molecule has 0 bridgehead atoms. The fourth-order valence-electron chi connectivity index (χ4n) is 2.97. The molecule has 4 nitrogen and oxygen atoms in total. The second kappa shape index (κ2) is 8.30. The van der Waals surface area contributed by atoms with E-state index in [4.69, 9.17) is 34.8 Å². The molecule has 3 rings (SSSR count). The average molecular weight is 412 g/mol. The molecule has 1 aliphatic heterocycles. The van der Waals surface area contributed by atoms with E-state index in [2.05, 4.69) is 5.32 Å². The molecule has 1 fully saturated rings. The van der Waals surface area contributed by atoms with Crippen molar-refractivity contribution < 1.29 is 9.59 Å². The minimum absolute atomic E-state index is 0.00969. The molecule has 7 heteroatoms. The molecule has 0 aliphatic carbocycles.